The van der Waals surface area contributed by atoms with Crippen molar-refractivity contribution in [3.8, 4) is 17.5 Å². The lowest BCUT2D eigenvalue weighted by Crippen LogP contribution is -2.36. The van der Waals surface area contributed by atoms with Crippen LogP contribution in [0.5, 0.6) is 17.5 Å². The van der Waals surface area contributed by atoms with E-state index in [-0.39, 0.29) is 35.5 Å². The first-order chi connectivity index (χ1) is 28.1. The molecule has 14 nitrogen and oxygen atoms in total. The SMILES string of the molecule is O=C(CCCCC1SCC2NC(=O)NC21)NCCCCCC(=O)NCCCOc1cccc(C(O)(c2ccccc2)c2ccc(C(=O)On3c(O)ccc3O)cc2)c1. The number of benzene rings is 3. The number of ether oxygens (including phenoxy) is 1. The number of amides is 4. The van der Waals surface area contributed by atoms with Gasteiger partial charge in [0.1, 0.15) is 11.4 Å². The number of rotatable bonds is 21. The van der Waals surface area contributed by atoms with Crippen LogP contribution in [0.15, 0.2) is 91.0 Å². The monoisotopic (exact) mass is 813 g/mol. The topological polar surface area (TPSA) is 200 Å². The van der Waals surface area contributed by atoms with Crippen molar-refractivity contribution in [2.24, 2.45) is 0 Å². The number of nitrogens with one attached hydrogen (secondary N) is 4. The third kappa shape index (κ3) is 10.8. The van der Waals surface area contributed by atoms with Crippen LogP contribution >= 0.6 is 11.8 Å². The molecule has 2 fully saturated rings. The molecule has 2 aliphatic heterocycles. The number of fused-ring (bicyclic) bond motifs is 1. The smallest absolute Gasteiger partial charge is 0.363 e. The maximum atomic E-state index is 12.7. The first kappa shape index (κ1) is 41.9. The highest BCUT2D eigenvalue weighted by molar-refractivity contribution is 8.00. The number of hydrogen-bond donors (Lipinski definition) is 7. The van der Waals surface area contributed by atoms with Gasteiger partial charge < -0.3 is 46.2 Å². The molecule has 1 aromatic heterocycles. The predicted molar refractivity (Wildman–Crippen MR) is 219 cm³/mol. The summed E-state index contributed by atoms with van der Waals surface area (Å²) in [7, 11) is 0. The Labute approximate surface area is 341 Å². The van der Waals surface area contributed by atoms with E-state index < -0.39 is 23.3 Å². The van der Waals surface area contributed by atoms with Crippen molar-refractivity contribution in [1.29, 1.82) is 0 Å². The van der Waals surface area contributed by atoms with E-state index in [2.05, 4.69) is 21.3 Å². The van der Waals surface area contributed by atoms with E-state index in [1.807, 2.05) is 30.0 Å². The Morgan fingerprint density at radius 1 is 0.759 bits per heavy atom. The zero-order valence-electron chi connectivity index (χ0n) is 32.2. The van der Waals surface area contributed by atoms with Crippen LogP contribution in [0.25, 0.3) is 0 Å². The molecule has 2 saturated heterocycles. The van der Waals surface area contributed by atoms with E-state index in [1.54, 1.807) is 48.5 Å². The predicted octanol–water partition coefficient (Wildman–Crippen LogP) is 4.74. The van der Waals surface area contributed by atoms with Gasteiger partial charge >= 0.3 is 12.0 Å². The number of aromatic hydroxyl groups is 2. The first-order valence-corrected chi connectivity index (χ1v) is 20.8. The largest absolute Gasteiger partial charge is 0.494 e. The second-order valence-electron chi connectivity index (χ2n) is 14.5. The van der Waals surface area contributed by atoms with Crippen molar-refractivity contribution < 1.29 is 44.1 Å². The number of urea groups is 1. The molecule has 308 valence electrons. The number of nitrogens with zero attached hydrogens (tertiary/aromatic N) is 1. The maximum Gasteiger partial charge on any atom is 0.363 e. The molecule has 0 bridgehead atoms. The first-order valence-electron chi connectivity index (χ1n) is 19.8. The van der Waals surface area contributed by atoms with E-state index >= 15 is 0 Å². The van der Waals surface area contributed by atoms with Crippen molar-refractivity contribution in [1.82, 2.24) is 26.0 Å². The van der Waals surface area contributed by atoms with Crippen LogP contribution in [0.3, 0.4) is 0 Å². The fourth-order valence-corrected chi connectivity index (χ4v) is 8.77. The van der Waals surface area contributed by atoms with Crippen molar-refractivity contribution in [2.75, 3.05) is 25.4 Å². The lowest BCUT2D eigenvalue weighted by molar-refractivity contribution is -0.122. The van der Waals surface area contributed by atoms with E-state index in [9.17, 15) is 34.5 Å². The summed E-state index contributed by atoms with van der Waals surface area (Å²) in [5, 5.41) is 44.3. The normalized spacial score (nSPS) is 18.0. The van der Waals surface area contributed by atoms with Crippen molar-refractivity contribution in [3.63, 3.8) is 0 Å². The summed E-state index contributed by atoms with van der Waals surface area (Å²) < 4.78 is 6.62. The molecule has 4 unspecified atom stereocenters. The van der Waals surface area contributed by atoms with Gasteiger partial charge in [0.2, 0.25) is 23.6 Å². The minimum Gasteiger partial charge on any atom is -0.494 e. The molecule has 4 atom stereocenters. The average Bonchev–Trinajstić information content (AvgIpc) is 3.90. The molecule has 0 aliphatic carbocycles. The minimum absolute atomic E-state index is 0.0287. The fourth-order valence-electron chi connectivity index (χ4n) is 7.22. The molecular formula is C43H51N5O9S. The highest BCUT2D eigenvalue weighted by Gasteiger charge is 2.42. The van der Waals surface area contributed by atoms with E-state index in [1.165, 1.54) is 24.3 Å². The van der Waals surface area contributed by atoms with Gasteiger partial charge in [-0.3, -0.25) is 9.59 Å². The summed E-state index contributed by atoms with van der Waals surface area (Å²) in [6, 6.07) is 25.2. The molecule has 6 rings (SSSR count). The summed E-state index contributed by atoms with van der Waals surface area (Å²) in [4.78, 5) is 54.0. The molecule has 4 amide bonds. The summed E-state index contributed by atoms with van der Waals surface area (Å²) in [5.74, 6) is -0.195. The van der Waals surface area contributed by atoms with Crippen molar-refractivity contribution in [3.05, 3.63) is 113 Å². The number of aliphatic hydroxyl groups is 1. The van der Waals surface area contributed by atoms with Gasteiger partial charge in [-0.1, -0.05) is 67.4 Å². The second kappa shape index (κ2) is 20.1. The minimum atomic E-state index is -1.62. The number of carbonyl (C=O) groups excluding carboxylic acids is 4. The van der Waals surface area contributed by atoms with Crippen LogP contribution in [-0.4, -0.2) is 86.6 Å². The third-order valence-corrected chi connectivity index (χ3v) is 11.9. The lowest BCUT2D eigenvalue weighted by atomic mass is 9.80. The van der Waals surface area contributed by atoms with Gasteiger partial charge in [-0.2, -0.15) is 11.8 Å². The van der Waals surface area contributed by atoms with Gasteiger partial charge in [0, 0.05) is 49.1 Å². The number of unbranched alkanes of at least 4 members (excludes halogenated alkanes) is 3. The Morgan fingerprint density at radius 2 is 1.41 bits per heavy atom. The molecule has 3 aromatic carbocycles. The van der Waals surface area contributed by atoms with Crippen LogP contribution in [0.2, 0.25) is 0 Å². The highest BCUT2D eigenvalue weighted by atomic mass is 32.2. The van der Waals surface area contributed by atoms with Gasteiger partial charge in [0.15, 0.2) is 0 Å². The Kier molecular flexibility index (Phi) is 14.6. The number of carbonyl (C=O) groups is 4. The number of hydrogen-bond acceptors (Lipinski definition) is 10. The Morgan fingerprint density at radius 3 is 2.14 bits per heavy atom. The summed E-state index contributed by atoms with van der Waals surface area (Å²) in [6.45, 7) is 1.39. The molecule has 0 radical (unpaired) electrons. The molecule has 3 heterocycles. The molecule has 4 aromatic rings. The maximum absolute atomic E-state index is 12.7. The number of aromatic nitrogens is 1. The molecule has 7 N–H and O–H groups in total. The average molecular weight is 814 g/mol. The fraction of sp³-hybridized carbons (Fsp3) is 0.395. The van der Waals surface area contributed by atoms with E-state index in [0.29, 0.717) is 71.4 Å². The molecule has 0 spiro atoms. The van der Waals surface area contributed by atoms with Gasteiger partial charge in [-0.25, -0.2) is 9.59 Å². The quantitative estimate of drug-likeness (QED) is 0.0350. The molecular weight excluding hydrogens is 763 g/mol. The summed E-state index contributed by atoms with van der Waals surface area (Å²) in [6.07, 6.45) is 6.65. The zero-order valence-corrected chi connectivity index (χ0v) is 33.0. The lowest BCUT2D eigenvalue weighted by Gasteiger charge is -2.30. The third-order valence-electron chi connectivity index (χ3n) is 10.3. The van der Waals surface area contributed by atoms with Gasteiger partial charge in [0.25, 0.3) is 0 Å². The van der Waals surface area contributed by atoms with Crippen molar-refractivity contribution >= 4 is 35.6 Å². The van der Waals surface area contributed by atoms with Crippen LogP contribution in [0, 0.1) is 0 Å². The van der Waals surface area contributed by atoms with E-state index in [4.69, 9.17) is 9.57 Å². The van der Waals surface area contributed by atoms with Gasteiger partial charge in [0.05, 0.1) is 24.3 Å². The van der Waals surface area contributed by atoms with Crippen LogP contribution in [0.1, 0.15) is 84.8 Å². The molecule has 0 saturated carbocycles. The zero-order chi connectivity index (χ0) is 40.9. The summed E-state index contributed by atoms with van der Waals surface area (Å²) >= 11 is 1.89. The number of thioether (sulfide) groups is 1. The Bertz CT molecular complexity index is 1990. The van der Waals surface area contributed by atoms with Crippen molar-refractivity contribution in [2.45, 2.75) is 80.7 Å². The summed E-state index contributed by atoms with van der Waals surface area (Å²) in [5.41, 5.74) is 0.123. The Balaban J connectivity index is 0.875. The standard InChI is InChI=1S/C43H51N5O9S/c49-36(16-5-2-8-24-44-37(50)17-7-6-15-35-40-34(28-58-35)46-42(54)47-40)45-25-10-26-56-33-14-9-13-32(27-33)43(55,30-11-3-1-4-12-30)31-20-18-29(19-21-31)41(53)57-48-38(51)22-23-39(48)52/h1,3-4,9,11-14,18-23,27,34-35,40,51-52,55H,2,5-8,10,15-17,24-26,28H2,(H,44,50)(H,45,49)(H2,46,47,54). The van der Waals surface area contributed by atoms with Crippen LogP contribution in [-0.2, 0) is 15.2 Å². The van der Waals surface area contributed by atoms with Gasteiger partial charge in [-0.05, 0) is 73.1 Å². The van der Waals surface area contributed by atoms with Crippen LogP contribution in [0.4, 0.5) is 4.79 Å². The molecule has 15 heteroatoms. The second-order valence-corrected chi connectivity index (χ2v) is 15.8. The van der Waals surface area contributed by atoms with Crippen LogP contribution < -0.4 is 30.8 Å². The van der Waals surface area contributed by atoms with Gasteiger partial charge in [-0.15, -0.1) is 4.73 Å². The Hall–Kier alpha value is -5.67. The highest BCUT2D eigenvalue weighted by Crippen LogP contribution is 2.38. The molecule has 2 aliphatic rings. The molecule has 58 heavy (non-hydrogen) atoms. The van der Waals surface area contributed by atoms with E-state index in [0.717, 1.165) is 44.3 Å².